The van der Waals surface area contributed by atoms with Crippen molar-refractivity contribution in [2.24, 2.45) is 5.73 Å². The zero-order chi connectivity index (χ0) is 12.3. The molecule has 0 spiro atoms. The SMILES string of the molecule is NC(CO)Cc1ccc(C(F)(F)F)cc1F. The summed E-state index contributed by atoms with van der Waals surface area (Å²) in [5.41, 5.74) is 4.39. The summed E-state index contributed by atoms with van der Waals surface area (Å²) in [6.07, 6.45) is -4.56. The fourth-order valence-corrected chi connectivity index (χ4v) is 1.24. The molecular formula is C10H11F4NO. The van der Waals surface area contributed by atoms with Crippen LogP contribution < -0.4 is 5.73 Å². The Morgan fingerprint density at radius 1 is 1.31 bits per heavy atom. The lowest BCUT2D eigenvalue weighted by Gasteiger charge is -2.11. The fourth-order valence-electron chi connectivity index (χ4n) is 1.24. The summed E-state index contributed by atoms with van der Waals surface area (Å²) in [4.78, 5) is 0. The van der Waals surface area contributed by atoms with Crippen LogP contribution in [0.5, 0.6) is 0 Å². The summed E-state index contributed by atoms with van der Waals surface area (Å²) in [5, 5.41) is 8.64. The zero-order valence-electron chi connectivity index (χ0n) is 8.26. The number of aliphatic hydroxyl groups excluding tert-OH is 1. The van der Waals surface area contributed by atoms with Gasteiger partial charge in [0.2, 0.25) is 0 Å². The summed E-state index contributed by atoms with van der Waals surface area (Å²) >= 11 is 0. The largest absolute Gasteiger partial charge is 0.416 e. The topological polar surface area (TPSA) is 46.2 Å². The van der Waals surface area contributed by atoms with Crippen molar-refractivity contribution in [3.05, 3.63) is 35.1 Å². The van der Waals surface area contributed by atoms with Crippen molar-refractivity contribution in [2.45, 2.75) is 18.6 Å². The molecule has 0 amide bonds. The molecule has 0 aliphatic heterocycles. The minimum absolute atomic E-state index is 0.000467. The van der Waals surface area contributed by atoms with Crippen molar-refractivity contribution < 1.29 is 22.7 Å². The maximum Gasteiger partial charge on any atom is 0.416 e. The van der Waals surface area contributed by atoms with Crippen LogP contribution in [-0.4, -0.2) is 17.8 Å². The molecule has 1 rings (SSSR count). The van der Waals surface area contributed by atoms with Gasteiger partial charge in [-0.3, -0.25) is 0 Å². The Hall–Kier alpha value is -1.14. The van der Waals surface area contributed by atoms with Crippen molar-refractivity contribution in [3.63, 3.8) is 0 Å². The first-order chi connectivity index (χ1) is 7.34. The lowest BCUT2D eigenvalue weighted by molar-refractivity contribution is -0.137. The summed E-state index contributed by atoms with van der Waals surface area (Å²) in [5.74, 6) is -0.960. The first kappa shape index (κ1) is 12.9. The Bertz CT molecular complexity index is 364. The second-order valence-electron chi connectivity index (χ2n) is 3.45. The van der Waals surface area contributed by atoms with E-state index in [9.17, 15) is 17.6 Å². The van der Waals surface area contributed by atoms with Crippen LogP contribution in [0.3, 0.4) is 0 Å². The smallest absolute Gasteiger partial charge is 0.395 e. The van der Waals surface area contributed by atoms with Gasteiger partial charge in [-0.15, -0.1) is 0 Å². The third-order valence-electron chi connectivity index (χ3n) is 2.10. The zero-order valence-corrected chi connectivity index (χ0v) is 8.26. The van der Waals surface area contributed by atoms with Crippen LogP contribution in [0.1, 0.15) is 11.1 Å². The van der Waals surface area contributed by atoms with Crippen molar-refractivity contribution in [1.29, 1.82) is 0 Å². The number of alkyl halides is 3. The number of hydrogen-bond donors (Lipinski definition) is 2. The second kappa shape index (κ2) is 4.80. The number of hydrogen-bond acceptors (Lipinski definition) is 2. The molecule has 0 fully saturated rings. The molecule has 0 aliphatic carbocycles. The van der Waals surface area contributed by atoms with Gasteiger partial charge in [0.05, 0.1) is 12.2 Å². The van der Waals surface area contributed by atoms with Crippen LogP contribution >= 0.6 is 0 Å². The minimum Gasteiger partial charge on any atom is -0.395 e. The molecule has 2 nitrogen and oxygen atoms in total. The van der Waals surface area contributed by atoms with E-state index in [1.807, 2.05) is 0 Å². The van der Waals surface area contributed by atoms with Crippen LogP contribution in [0.25, 0.3) is 0 Å². The fraction of sp³-hybridized carbons (Fsp3) is 0.400. The van der Waals surface area contributed by atoms with Crippen LogP contribution in [0.4, 0.5) is 17.6 Å². The second-order valence-corrected chi connectivity index (χ2v) is 3.45. The Morgan fingerprint density at radius 3 is 2.38 bits per heavy atom. The van der Waals surface area contributed by atoms with E-state index in [1.54, 1.807) is 0 Å². The normalized spacial score (nSPS) is 13.9. The van der Waals surface area contributed by atoms with Gasteiger partial charge in [-0.2, -0.15) is 13.2 Å². The quantitative estimate of drug-likeness (QED) is 0.786. The molecule has 16 heavy (non-hydrogen) atoms. The molecule has 90 valence electrons. The van der Waals surface area contributed by atoms with E-state index in [1.165, 1.54) is 0 Å². The highest BCUT2D eigenvalue weighted by Gasteiger charge is 2.31. The molecule has 3 N–H and O–H groups in total. The van der Waals surface area contributed by atoms with E-state index < -0.39 is 23.6 Å². The van der Waals surface area contributed by atoms with E-state index in [0.717, 1.165) is 12.1 Å². The number of benzene rings is 1. The molecule has 0 aliphatic rings. The maximum atomic E-state index is 13.2. The summed E-state index contributed by atoms with van der Waals surface area (Å²) in [6, 6.07) is 1.58. The van der Waals surface area contributed by atoms with Gasteiger partial charge in [0.1, 0.15) is 5.82 Å². The maximum absolute atomic E-state index is 13.2. The van der Waals surface area contributed by atoms with E-state index >= 15 is 0 Å². The molecule has 1 aromatic carbocycles. The molecule has 1 unspecified atom stereocenters. The van der Waals surface area contributed by atoms with Crippen LogP contribution in [0, 0.1) is 5.82 Å². The van der Waals surface area contributed by atoms with Crippen LogP contribution in [0.15, 0.2) is 18.2 Å². The van der Waals surface area contributed by atoms with Gasteiger partial charge in [-0.05, 0) is 24.1 Å². The summed E-state index contributed by atoms with van der Waals surface area (Å²) < 4.78 is 49.8. The van der Waals surface area contributed by atoms with Crippen LogP contribution in [-0.2, 0) is 12.6 Å². The standard InChI is InChI=1S/C10H11F4NO/c11-9-4-7(10(12,13)14)2-1-6(9)3-8(15)5-16/h1-2,4,8,16H,3,5,15H2. The molecule has 6 heteroatoms. The number of aliphatic hydroxyl groups is 1. The highest BCUT2D eigenvalue weighted by molar-refractivity contribution is 5.27. The predicted octanol–water partition coefficient (Wildman–Crippen LogP) is 1.71. The Morgan fingerprint density at radius 2 is 1.94 bits per heavy atom. The Balaban J connectivity index is 2.92. The first-order valence-corrected chi connectivity index (χ1v) is 4.56. The van der Waals surface area contributed by atoms with Gasteiger partial charge in [-0.25, -0.2) is 4.39 Å². The van der Waals surface area contributed by atoms with Gasteiger partial charge < -0.3 is 10.8 Å². The molecule has 0 bridgehead atoms. The van der Waals surface area contributed by atoms with E-state index in [0.29, 0.717) is 6.07 Å². The monoisotopic (exact) mass is 237 g/mol. The summed E-state index contributed by atoms with van der Waals surface area (Å²) in [6.45, 7) is -0.347. The Labute approximate surface area is 89.7 Å². The average molecular weight is 237 g/mol. The third kappa shape index (κ3) is 3.18. The van der Waals surface area contributed by atoms with Crippen molar-refractivity contribution in [1.82, 2.24) is 0 Å². The predicted molar refractivity (Wildman–Crippen MR) is 50.2 cm³/mol. The molecule has 0 saturated heterocycles. The molecule has 0 saturated carbocycles. The lowest BCUT2D eigenvalue weighted by atomic mass is 10.0. The highest BCUT2D eigenvalue weighted by atomic mass is 19.4. The van der Waals surface area contributed by atoms with E-state index in [2.05, 4.69) is 0 Å². The van der Waals surface area contributed by atoms with Gasteiger partial charge in [0.25, 0.3) is 0 Å². The van der Waals surface area contributed by atoms with Gasteiger partial charge in [0, 0.05) is 6.04 Å². The van der Waals surface area contributed by atoms with Gasteiger partial charge in [-0.1, -0.05) is 6.07 Å². The van der Waals surface area contributed by atoms with Crippen molar-refractivity contribution in [3.8, 4) is 0 Å². The lowest BCUT2D eigenvalue weighted by Crippen LogP contribution is -2.27. The minimum atomic E-state index is -4.56. The number of nitrogens with two attached hydrogens (primary N) is 1. The van der Waals surface area contributed by atoms with Crippen molar-refractivity contribution >= 4 is 0 Å². The van der Waals surface area contributed by atoms with Gasteiger partial charge in [0.15, 0.2) is 0 Å². The van der Waals surface area contributed by atoms with Crippen molar-refractivity contribution in [2.75, 3.05) is 6.61 Å². The first-order valence-electron chi connectivity index (χ1n) is 4.56. The van der Waals surface area contributed by atoms with Gasteiger partial charge >= 0.3 is 6.18 Å². The molecule has 0 heterocycles. The molecule has 0 aromatic heterocycles. The van der Waals surface area contributed by atoms with E-state index in [4.69, 9.17) is 10.8 Å². The van der Waals surface area contributed by atoms with Crippen LogP contribution in [0.2, 0.25) is 0 Å². The molecule has 1 atom stereocenters. The average Bonchev–Trinajstić information content (AvgIpc) is 2.19. The molecule has 0 radical (unpaired) electrons. The molecular weight excluding hydrogens is 226 g/mol. The third-order valence-corrected chi connectivity index (χ3v) is 2.10. The highest BCUT2D eigenvalue weighted by Crippen LogP contribution is 2.30. The number of halogens is 4. The van der Waals surface area contributed by atoms with E-state index in [-0.39, 0.29) is 18.6 Å². The molecule has 1 aromatic rings. The Kier molecular flexibility index (Phi) is 3.88. The number of rotatable bonds is 3. The summed E-state index contributed by atoms with van der Waals surface area (Å²) in [7, 11) is 0.